The lowest BCUT2D eigenvalue weighted by atomic mass is 9.89. The van der Waals surface area contributed by atoms with Crippen LogP contribution in [0, 0.1) is 5.92 Å². The predicted octanol–water partition coefficient (Wildman–Crippen LogP) is 0.630. The maximum absolute atomic E-state index is 11.4. The van der Waals surface area contributed by atoms with E-state index in [4.69, 9.17) is 0 Å². The van der Waals surface area contributed by atoms with Crippen LogP contribution in [0.3, 0.4) is 0 Å². The maximum atomic E-state index is 11.4. The van der Waals surface area contributed by atoms with Crippen LogP contribution < -0.4 is 5.32 Å². The molecule has 0 aromatic heterocycles. The first-order chi connectivity index (χ1) is 6.65. The highest BCUT2D eigenvalue weighted by molar-refractivity contribution is 5.77. The molecule has 0 radical (unpaired) electrons. The van der Waals surface area contributed by atoms with Crippen LogP contribution in [0.2, 0.25) is 0 Å². The van der Waals surface area contributed by atoms with Crippen LogP contribution in [0.5, 0.6) is 0 Å². The average Bonchev–Trinajstić information content (AvgIpc) is 2.16. The molecule has 0 saturated heterocycles. The summed E-state index contributed by atoms with van der Waals surface area (Å²) in [7, 11) is 1.37. The summed E-state index contributed by atoms with van der Waals surface area (Å²) in [6, 6.07) is -0.120. The number of methoxy groups -OCH3 is 1. The lowest BCUT2D eigenvalue weighted by Crippen LogP contribution is -2.43. The van der Waals surface area contributed by atoms with Crippen molar-refractivity contribution in [3.05, 3.63) is 12.2 Å². The molecule has 0 saturated carbocycles. The molecule has 1 N–H and O–H groups in total. The molecule has 0 heterocycles. The van der Waals surface area contributed by atoms with Crippen LogP contribution in [0.1, 0.15) is 19.8 Å². The zero-order chi connectivity index (χ0) is 10.6. The first kappa shape index (κ1) is 10.8. The fourth-order valence-corrected chi connectivity index (χ4v) is 1.65. The number of amides is 1. The molecule has 78 valence electrons. The summed E-state index contributed by atoms with van der Waals surface area (Å²) in [6.07, 6.45) is 5.25. The second-order valence-electron chi connectivity index (χ2n) is 3.38. The summed E-state index contributed by atoms with van der Waals surface area (Å²) >= 11 is 0. The number of rotatable bonds is 2. The van der Waals surface area contributed by atoms with E-state index in [-0.39, 0.29) is 23.8 Å². The number of hydrogen-bond acceptors (Lipinski definition) is 3. The minimum Gasteiger partial charge on any atom is -0.469 e. The lowest BCUT2D eigenvalue weighted by molar-refractivity contribution is -0.146. The highest BCUT2D eigenvalue weighted by atomic mass is 16.5. The first-order valence-electron chi connectivity index (χ1n) is 4.65. The second kappa shape index (κ2) is 4.79. The van der Waals surface area contributed by atoms with Crippen molar-refractivity contribution in [3.8, 4) is 0 Å². The van der Waals surface area contributed by atoms with Crippen LogP contribution in [0.15, 0.2) is 12.2 Å². The number of nitrogens with one attached hydrogen (secondary N) is 1. The van der Waals surface area contributed by atoms with Gasteiger partial charge in [0.05, 0.1) is 13.0 Å². The Morgan fingerprint density at radius 3 is 2.57 bits per heavy atom. The first-order valence-corrected chi connectivity index (χ1v) is 4.65. The van der Waals surface area contributed by atoms with Gasteiger partial charge in [-0.05, 0) is 12.8 Å². The fraction of sp³-hybridized carbons (Fsp3) is 0.600. The monoisotopic (exact) mass is 197 g/mol. The molecule has 1 aliphatic carbocycles. The van der Waals surface area contributed by atoms with Crippen LogP contribution in [0.4, 0.5) is 0 Å². The second-order valence-corrected chi connectivity index (χ2v) is 3.38. The summed E-state index contributed by atoms with van der Waals surface area (Å²) in [6.45, 7) is 1.45. The minimum absolute atomic E-state index is 0.112. The standard InChI is InChI=1S/C10H15NO3/c1-7(12)11-9-6-4-3-5-8(9)10(13)14-2/h3-4,8-9H,5-6H2,1-2H3,(H,11,12). The summed E-state index contributed by atoms with van der Waals surface area (Å²) in [5.41, 5.74) is 0. The van der Waals surface area contributed by atoms with E-state index in [0.717, 1.165) is 0 Å². The molecule has 4 nitrogen and oxygen atoms in total. The fourth-order valence-electron chi connectivity index (χ4n) is 1.65. The highest BCUT2D eigenvalue weighted by Crippen LogP contribution is 2.20. The third-order valence-electron chi connectivity index (χ3n) is 2.32. The van der Waals surface area contributed by atoms with Crippen LogP contribution in [-0.4, -0.2) is 25.0 Å². The van der Waals surface area contributed by atoms with E-state index in [1.54, 1.807) is 0 Å². The number of hydrogen-bond donors (Lipinski definition) is 1. The van der Waals surface area contributed by atoms with E-state index in [1.807, 2.05) is 12.2 Å². The lowest BCUT2D eigenvalue weighted by Gasteiger charge is -2.26. The van der Waals surface area contributed by atoms with Crippen molar-refractivity contribution in [3.63, 3.8) is 0 Å². The minimum atomic E-state index is -0.256. The van der Waals surface area contributed by atoms with Crippen LogP contribution in [0.25, 0.3) is 0 Å². The Morgan fingerprint density at radius 1 is 1.36 bits per heavy atom. The van der Waals surface area contributed by atoms with Crippen molar-refractivity contribution in [2.24, 2.45) is 5.92 Å². The number of allylic oxidation sites excluding steroid dienone is 1. The Morgan fingerprint density at radius 2 is 2.00 bits per heavy atom. The molecule has 0 bridgehead atoms. The molecule has 1 amide bonds. The van der Waals surface area contributed by atoms with Gasteiger partial charge in [0.15, 0.2) is 0 Å². The van der Waals surface area contributed by atoms with Gasteiger partial charge in [-0.1, -0.05) is 12.2 Å². The molecule has 0 fully saturated rings. The molecule has 0 aromatic rings. The van der Waals surface area contributed by atoms with E-state index >= 15 is 0 Å². The number of ether oxygens (including phenoxy) is 1. The molecular formula is C10H15NO3. The van der Waals surface area contributed by atoms with Gasteiger partial charge in [0.1, 0.15) is 0 Å². The summed E-state index contributed by atoms with van der Waals surface area (Å²) < 4.78 is 4.68. The van der Waals surface area contributed by atoms with E-state index in [9.17, 15) is 9.59 Å². The maximum Gasteiger partial charge on any atom is 0.311 e. The summed E-state index contributed by atoms with van der Waals surface area (Å²) in [5.74, 6) is -0.610. The van der Waals surface area contributed by atoms with E-state index in [0.29, 0.717) is 12.8 Å². The van der Waals surface area contributed by atoms with Crippen molar-refractivity contribution < 1.29 is 14.3 Å². The number of carbonyl (C=O) groups excluding carboxylic acids is 2. The van der Waals surface area contributed by atoms with Gasteiger partial charge in [0.25, 0.3) is 0 Å². The summed E-state index contributed by atoms with van der Waals surface area (Å²) in [5, 5.41) is 2.76. The quantitative estimate of drug-likeness (QED) is 0.522. The van der Waals surface area contributed by atoms with Crippen LogP contribution >= 0.6 is 0 Å². The Labute approximate surface area is 83.3 Å². The molecule has 0 aromatic carbocycles. The Kier molecular flexibility index (Phi) is 3.68. The molecule has 0 aliphatic heterocycles. The topological polar surface area (TPSA) is 55.4 Å². The van der Waals surface area contributed by atoms with Crippen molar-refractivity contribution in [2.75, 3.05) is 7.11 Å². The van der Waals surface area contributed by atoms with Crippen LogP contribution in [-0.2, 0) is 14.3 Å². The van der Waals surface area contributed by atoms with Crippen molar-refractivity contribution in [2.45, 2.75) is 25.8 Å². The predicted molar refractivity (Wildman–Crippen MR) is 51.5 cm³/mol. The number of carbonyl (C=O) groups is 2. The van der Waals surface area contributed by atoms with E-state index in [2.05, 4.69) is 10.1 Å². The molecule has 2 atom stereocenters. The molecular weight excluding hydrogens is 182 g/mol. The van der Waals surface area contributed by atoms with Gasteiger partial charge in [-0.15, -0.1) is 0 Å². The SMILES string of the molecule is COC(=O)C1CC=CCC1NC(C)=O. The van der Waals surface area contributed by atoms with Gasteiger partial charge < -0.3 is 10.1 Å². The van der Waals surface area contributed by atoms with Crippen molar-refractivity contribution >= 4 is 11.9 Å². The molecule has 1 aliphatic rings. The van der Waals surface area contributed by atoms with Crippen molar-refractivity contribution in [1.82, 2.24) is 5.32 Å². The molecule has 14 heavy (non-hydrogen) atoms. The molecule has 0 spiro atoms. The molecule has 4 heteroatoms. The van der Waals surface area contributed by atoms with Gasteiger partial charge in [-0.25, -0.2) is 0 Å². The number of esters is 1. The zero-order valence-corrected chi connectivity index (χ0v) is 8.45. The van der Waals surface area contributed by atoms with Gasteiger partial charge in [0, 0.05) is 13.0 Å². The van der Waals surface area contributed by atoms with E-state index < -0.39 is 0 Å². The Balaban J connectivity index is 2.65. The van der Waals surface area contributed by atoms with Gasteiger partial charge in [0.2, 0.25) is 5.91 Å². The van der Waals surface area contributed by atoms with Gasteiger partial charge >= 0.3 is 5.97 Å². The molecule has 2 unspecified atom stereocenters. The highest BCUT2D eigenvalue weighted by Gasteiger charge is 2.29. The smallest absolute Gasteiger partial charge is 0.311 e. The third-order valence-corrected chi connectivity index (χ3v) is 2.32. The third kappa shape index (κ3) is 2.58. The van der Waals surface area contributed by atoms with Crippen molar-refractivity contribution in [1.29, 1.82) is 0 Å². The summed E-state index contributed by atoms with van der Waals surface area (Å²) in [4.78, 5) is 22.2. The average molecular weight is 197 g/mol. The zero-order valence-electron chi connectivity index (χ0n) is 8.45. The largest absolute Gasteiger partial charge is 0.469 e. The van der Waals surface area contributed by atoms with E-state index in [1.165, 1.54) is 14.0 Å². The van der Waals surface area contributed by atoms with Gasteiger partial charge in [-0.3, -0.25) is 9.59 Å². The normalized spacial score (nSPS) is 25.6. The Hall–Kier alpha value is -1.32. The molecule has 1 rings (SSSR count). The van der Waals surface area contributed by atoms with Gasteiger partial charge in [-0.2, -0.15) is 0 Å². The Bertz CT molecular complexity index is 260.